The van der Waals surface area contributed by atoms with Crippen LogP contribution in [-0.4, -0.2) is 0 Å². The van der Waals surface area contributed by atoms with Gasteiger partial charge in [0.2, 0.25) is 0 Å². The van der Waals surface area contributed by atoms with Crippen LogP contribution in [0.2, 0.25) is 0 Å². The average molecular weight is 235 g/mol. The molecule has 2 nitrogen and oxygen atoms in total. The molecule has 2 heteroatoms. The zero-order valence-electron chi connectivity index (χ0n) is 9.94. The molecule has 3 aromatic rings. The van der Waals surface area contributed by atoms with Gasteiger partial charge in [-0.25, -0.2) is 0 Å². The van der Waals surface area contributed by atoms with Gasteiger partial charge < -0.3 is 10.2 Å². The summed E-state index contributed by atoms with van der Waals surface area (Å²) < 4.78 is 5.89. The van der Waals surface area contributed by atoms with Crippen molar-refractivity contribution in [1.82, 2.24) is 0 Å². The second-order valence-electron chi connectivity index (χ2n) is 4.85. The van der Waals surface area contributed by atoms with E-state index >= 15 is 0 Å². The van der Waals surface area contributed by atoms with Crippen molar-refractivity contribution in [2.24, 2.45) is 0 Å². The van der Waals surface area contributed by atoms with E-state index in [-0.39, 0.29) is 0 Å². The van der Waals surface area contributed by atoms with Crippen LogP contribution in [0, 0.1) is 0 Å². The summed E-state index contributed by atoms with van der Waals surface area (Å²) in [5.74, 6) is 0. The van der Waals surface area contributed by atoms with Crippen LogP contribution in [0.25, 0.3) is 28.0 Å². The Morgan fingerprint density at radius 1 is 1.00 bits per heavy atom. The lowest BCUT2D eigenvalue weighted by Crippen LogP contribution is -1.92. The molecule has 1 aromatic heterocycles. The second-order valence-corrected chi connectivity index (χ2v) is 4.85. The second kappa shape index (κ2) is 3.39. The van der Waals surface area contributed by atoms with E-state index in [0.717, 1.165) is 35.1 Å². The van der Waals surface area contributed by atoms with Crippen molar-refractivity contribution < 1.29 is 4.42 Å². The first kappa shape index (κ1) is 9.77. The molecule has 0 bridgehead atoms. The fourth-order valence-corrected chi connectivity index (χ4v) is 2.72. The number of furan rings is 1. The molecule has 1 aliphatic carbocycles. The molecule has 0 fully saturated rings. The van der Waals surface area contributed by atoms with E-state index in [1.54, 1.807) is 0 Å². The highest BCUT2D eigenvalue weighted by molar-refractivity contribution is 6.06. The van der Waals surface area contributed by atoms with Gasteiger partial charge in [0.1, 0.15) is 11.2 Å². The molecule has 2 N–H and O–H groups in total. The number of fused-ring (bicyclic) bond motifs is 4. The molecular weight excluding hydrogens is 222 g/mol. The van der Waals surface area contributed by atoms with Crippen LogP contribution in [0.3, 0.4) is 0 Å². The largest absolute Gasteiger partial charge is 0.456 e. The Kier molecular flexibility index (Phi) is 1.84. The van der Waals surface area contributed by atoms with Crippen molar-refractivity contribution in [2.75, 3.05) is 5.73 Å². The Bertz CT molecular complexity index is 796. The van der Waals surface area contributed by atoms with Gasteiger partial charge in [0.15, 0.2) is 0 Å². The molecule has 88 valence electrons. The zero-order chi connectivity index (χ0) is 12.1. The third-order valence-electron chi connectivity index (χ3n) is 3.63. The van der Waals surface area contributed by atoms with Gasteiger partial charge in [0.05, 0.1) is 0 Å². The van der Waals surface area contributed by atoms with Gasteiger partial charge in [0.25, 0.3) is 0 Å². The molecule has 1 aliphatic rings. The smallest absolute Gasteiger partial charge is 0.137 e. The molecule has 0 saturated heterocycles. The van der Waals surface area contributed by atoms with Crippen LogP contribution in [0.4, 0.5) is 5.69 Å². The number of nitrogens with two attached hydrogens (primary N) is 1. The van der Waals surface area contributed by atoms with Crippen molar-refractivity contribution in [1.29, 1.82) is 0 Å². The molecule has 0 unspecified atom stereocenters. The Morgan fingerprint density at radius 2 is 1.89 bits per heavy atom. The molecule has 4 rings (SSSR count). The lowest BCUT2D eigenvalue weighted by molar-refractivity contribution is 0.669. The summed E-state index contributed by atoms with van der Waals surface area (Å²) in [6.07, 6.45) is 6.64. The molecule has 0 radical (unpaired) electrons. The summed E-state index contributed by atoms with van der Waals surface area (Å²) in [7, 11) is 0. The van der Waals surface area contributed by atoms with Crippen LogP contribution in [0.1, 0.15) is 17.5 Å². The fraction of sp³-hybridized carbons (Fsp3) is 0.125. The molecule has 0 atom stereocenters. The molecule has 1 heterocycles. The fourth-order valence-electron chi connectivity index (χ4n) is 2.72. The quantitative estimate of drug-likeness (QED) is 0.595. The van der Waals surface area contributed by atoms with Gasteiger partial charge in [-0.3, -0.25) is 0 Å². The van der Waals surface area contributed by atoms with Gasteiger partial charge in [-0.15, -0.1) is 0 Å². The van der Waals surface area contributed by atoms with E-state index in [4.69, 9.17) is 10.2 Å². The van der Waals surface area contributed by atoms with Crippen LogP contribution >= 0.6 is 0 Å². The summed E-state index contributed by atoms with van der Waals surface area (Å²) in [6.45, 7) is 0. The van der Waals surface area contributed by atoms with Crippen molar-refractivity contribution in [3.63, 3.8) is 0 Å². The number of benzene rings is 2. The number of hydrogen-bond acceptors (Lipinski definition) is 2. The SMILES string of the molecule is Nc1ccc2c(c1)oc1cc3c(cc12)CCC=C3. The predicted octanol–water partition coefficient (Wildman–Crippen LogP) is 4.13. The summed E-state index contributed by atoms with van der Waals surface area (Å²) in [5.41, 5.74) is 11.0. The summed E-state index contributed by atoms with van der Waals surface area (Å²) in [4.78, 5) is 0. The standard InChI is InChI=1S/C16H13NO/c17-12-5-6-13-14-7-10-3-1-2-4-11(10)8-15(14)18-16(13)9-12/h2,4-9H,1,3,17H2. The first-order chi connectivity index (χ1) is 8.81. The predicted molar refractivity (Wildman–Crippen MR) is 75.5 cm³/mol. The number of nitrogen functional groups attached to an aromatic ring is 1. The van der Waals surface area contributed by atoms with Crippen molar-refractivity contribution in [3.05, 3.63) is 47.5 Å². The van der Waals surface area contributed by atoms with Crippen LogP contribution in [-0.2, 0) is 6.42 Å². The molecule has 0 aliphatic heterocycles. The highest BCUT2D eigenvalue weighted by Crippen LogP contribution is 2.33. The maximum Gasteiger partial charge on any atom is 0.137 e. The van der Waals surface area contributed by atoms with Crippen LogP contribution in [0.15, 0.2) is 40.8 Å². The number of aryl methyl sites for hydroxylation is 1. The van der Waals surface area contributed by atoms with E-state index in [2.05, 4.69) is 24.3 Å². The number of allylic oxidation sites excluding steroid dienone is 1. The maximum absolute atomic E-state index is 5.89. The average Bonchev–Trinajstić information content (AvgIpc) is 2.72. The number of hydrogen-bond donors (Lipinski definition) is 1. The lowest BCUT2D eigenvalue weighted by atomic mass is 9.95. The van der Waals surface area contributed by atoms with Gasteiger partial charge >= 0.3 is 0 Å². The van der Waals surface area contributed by atoms with Gasteiger partial charge in [-0.2, -0.15) is 0 Å². The van der Waals surface area contributed by atoms with Crippen LogP contribution in [0.5, 0.6) is 0 Å². The Labute approximate surface area is 105 Å². The minimum Gasteiger partial charge on any atom is -0.456 e. The van der Waals surface area contributed by atoms with Gasteiger partial charge in [0, 0.05) is 22.5 Å². The van der Waals surface area contributed by atoms with E-state index in [0.29, 0.717) is 0 Å². The maximum atomic E-state index is 5.89. The van der Waals surface area contributed by atoms with E-state index in [1.165, 1.54) is 16.5 Å². The van der Waals surface area contributed by atoms with E-state index < -0.39 is 0 Å². The van der Waals surface area contributed by atoms with Gasteiger partial charge in [-0.1, -0.05) is 12.2 Å². The third kappa shape index (κ3) is 1.29. The highest BCUT2D eigenvalue weighted by Gasteiger charge is 2.12. The molecule has 0 spiro atoms. The molecule has 0 saturated carbocycles. The van der Waals surface area contributed by atoms with Crippen molar-refractivity contribution in [2.45, 2.75) is 12.8 Å². The van der Waals surface area contributed by atoms with E-state index in [9.17, 15) is 0 Å². The van der Waals surface area contributed by atoms with Crippen LogP contribution < -0.4 is 5.73 Å². The van der Waals surface area contributed by atoms with Crippen molar-refractivity contribution in [3.8, 4) is 0 Å². The summed E-state index contributed by atoms with van der Waals surface area (Å²) >= 11 is 0. The Hall–Kier alpha value is -2.22. The molecule has 0 amide bonds. The summed E-state index contributed by atoms with van der Waals surface area (Å²) in [6, 6.07) is 10.3. The minimum absolute atomic E-state index is 0.742. The molecular formula is C16H13NO. The monoisotopic (exact) mass is 235 g/mol. The normalized spacial score (nSPS) is 14.2. The number of rotatable bonds is 0. The number of anilines is 1. The minimum atomic E-state index is 0.742. The van der Waals surface area contributed by atoms with Gasteiger partial charge in [-0.05, 0) is 48.2 Å². The van der Waals surface area contributed by atoms with E-state index in [1.807, 2.05) is 18.2 Å². The first-order valence-corrected chi connectivity index (χ1v) is 6.22. The topological polar surface area (TPSA) is 39.2 Å². The molecule has 2 aromatic carbocycles. The third-order valence-corrected chi connectivity index (χ3v) is 3.63. The summed E-state index contributed by atoms with van der Waals surface area (Å²) in [5, 5.41) is 2.34. The lowest BCUT2D eigenvalue weighted by Gasteiger charge is -2.09. The molecule has 18 heavy (non-hydrogen) atoms. The zero-order valence-corrected chi connectivity index (χ0v) is 9.94. The Morgan fingerprint density at radius 3 is 2.83 bits per heavy atom. The highest BCUT2D eigenvalue weighted by atomic mass is 16.3. The van der Waals surface area contributed by atoms with Crippen molar-refractivity contribution >= 4 is 33.7 Å². The first-order valence-electron chi connectivity index (χ1n) is 6.22. The Balaban J connectivity index is 2.12.